The largest absolute Gasteiger partial charge is 0.433 e. The fourth-order valence-electron chi connectivity index (χ4n) is 1.42. The molecule has 0 aliphatic heterocycles. The molecule has 0 heterocycles. The number of rotatable bonds is 12. The van der Waals surface area contributed by atoms with Crippen molar-refractivity contribution in [3.63, 3.8) is 0 Å². The lowest BCUT2D eigenvalue weighted by molar-refractivity contribution is -0.169. The third-order valence-corrected chi connectivity index (χ3v) is 2.48. The van der Waals surface area contributed by atoms with Gasteiger partial charge in [-0.05, 0) is 27.7 Å². The van der Waals surface area contributed by atoms with E-state index in [0.717, 1.165) is 0 Å². The predicted octanol–water partition coefficient (Wildman–Crippen LogP) is 1.97. The number of hydrogen-bond donors (Lipinski definition) is 0. The van der Waals surface area contributed by atoms with E-state index < -0.39 is 24.5 Å². The zero-order valence-corrected chi connectivity index (χ0v) is 14.3. The van der Waals surface area contributed by atoms with Crippen LogP contribution in [-0.2, 0) is 33.3 Å². The molecule has 7 heteroatoms. The van der Waals surface area contributed by atoms with E-state index in [1.165, 1.54) is 0 Å². The molecule has 0 aliphatic carbocycles. The van der Waals surface area contributed by atoms with Gasteiger partial charge in [-0.15, -0.1) is 0 Å². The van der Waals surface area contributed by atoms with Crippen molar-refractivity contribution in [3.05, 3.63) is 24.3 Å². The van der Waals surface area contributed by atoms with Crippen LogP contribution in [0.25, 0.3) is 0 Å². The Kier molecular flexibility index (Phi) is 10.9. The molecule has 0 radical (unpaired) electrons. The van der Waals surface area contributed by atoms with E-state index in [9.17, 15) is 9.59 Å². The Labute approximate surface area is 137 Å². The second-order valence-electron chi connectivity index (χ2n) is 4.56. The molecule has 7 nitrogen and oxygen atoms in total. The fourth-order valence-corrected chi connectivity index (χ4v) is 1.42. The number of ether oxygens (including phenoxy) is 5. The SMILES string of the molecule is C=C(COCC(=C)C(=O)OC(C)OCC)C(=O)OC(C)OCC. The van der Waals surface area contributed by atoms with Crippen LogP contribution in [0.3, 0.4) is 0 Å². The third-order valence-electron chi connectivity index (χ3n) is 2.48. The first kappa shape index (κ1) is 21.3. The maximum absolute atomic E-state index is 11.6. The predicted molar refractivity (Wildman–Crippen MR) is 83.5 cm³/mol. The topological polar surface area (TPSA) is 80.3 Å². The summed E-state index contributed by atoms with van der Waals surface area (Å²) >= 11 is 0. The highest BCUT2D eigenvalue weighted by Gasteiger charge is 2.16. The van der Waals surface area contributed by atoms with E-state index in [1.807, 2.05) is 0 Å². The van der Waals surface area contributed by atoms with E-state index in [1.54, 1.807) is 27.7 Å². The molecule has 0 bridgehead atoms. The number of esters is 2. The van der Waals surface area contributed by atoms with E-state index >= 15 is 0 Å². The van der Waals surface area contributed by atoms with Gasteiger partial charge in [-0.2, -0.15) is 0 Å². The Morgan fingerprint density at radius 3 is 1.48 bits per heavy atom. The summed E-state index contributed by atoms with van der Waals surface area (Å²) in [5.41, 5.74) is 0.223. The average molecular weight is 330 g/mol. The maximum atomic E-state index is 11.6. The zero-order chi connectivity index (χ0) is 17.8. The van der Waals surface area contributed by atoms with Gasteiger partial charge < -0.3 is 23.7 Å². The number of carbonyl (C=O) groups is 2. The van der Waals surface area contributed by atoms with Crippen molar-refractivity contribution >= 4 is 11.9 Å². The number of carbonyl (C=O) groups excluding carboxylic acids is 2. The molecule has 23 heavy (non-hydrogen) atoms. The fraction of sp³-hybridized carbons (Fsp3) is 0.625. The van der Waals surface area contributed by atoms with Crippen LogP contribution >= 0.6 is 0 Å². The third kappa shape index (κ3) is 9.83. The van der Waals surface area contributed by atoms with E-state index in [-0.39, 0.29) is 24.4 Å². The lowest BCUT2D eigenvalue weighted by atomic mass is 10.3. The molecular weight excluding hydrogens is 304 g/mol. The summed E-state index contributed by atoms with van der Waals surface area (Å²) in [7, 11) is 0. The average Bonchev–Trinajstić information content (AvgIpc) is 2.47. The molecule has 0 rings (SSSR count). The normalized spacial score (nSPS) is 13.0. The molecule has 132 valence electrons. The summed E-state index contributed by atoms with van der Waals surface area (Å²) in [5, 5.41) is 0. The van der Waals surface area contributed by atoms with Crippen molar-refractivity contribution in [2.24, 2.45) is 0 Å². The van der Waals surface area contributed by atoms with E-state index in [0.29, 0.717) is 13.2 Å². The molecule has 0 fully saturated rings. The van der Waals surface area contributed by atoms with E-state index in [2.05, 4.69) is 13.2 Å². The summed E-state index contributed by atoms with van der Waals surface area (Å²) in [5.74, 6) is -1.24. The highest BCUT2D eigenvalue weighted by Crippen LogP contribution is 2.05. The van der Waals surface area contributed by atoms with Gasteiger partial charge in [0.1, 0.15) is 0 Å². The molecule has 0 saturated carbocycles. The van der Waals surface area contributed by atoms with Gasteiger partial charge >= 0.3 is 11.9 Å². The molecule has 0 amide bonds. The van der Waals surface area contributed by atoms with Gasteiger partial charge in [-0.1, -0.05) is 13.2 Å². The molecule has 0 aromatic carbocycles. The van der Waals surface area contributed by atoms with Gasteiger partial charge in [0.2, 0.25) is 0 Å². The molecule has 2 atom stereocenters. The van der Waals surface area contributed by atoms with Gasteiger partial charge in [0.15, 0.2) is 12.6 Å². The maximum Gasteiger partial charge on any atom is 0.338 e. The first-order valence-electron chi connectivity index (χ1n) is 7.40. The lowest BCUT2D eigenvalue weighted by Gasteiger charge is -2.15. The molecule has 0 N–H and O–H groups in total. The molecule has 0 aliphatic rings. The van der Waals surface area contributed by atoms with Crippen LogP contribution in [0.15, 0.2) is 24.3 Å². The van der Waals surface area contributed by atoms with Gasteiger partial charge in [-0.25, -0.2) is 9.59 Å². The standard InChI is InChI=1S/C16H26O7/c1-7-20-13(5)22-15(17)11(3)9-19-10-12(4)16(18)23-14(6)21-8-2/h13-14H,3-4,7-10H2,1-2,5-6H3. The number of hydrogen-bond acceptors (Lipinski definition) is 7. The molecular formula is C16H26O7. The van der Waals surface area contributed by atoms with Crippen molar-refractivity contribution in [1.29, 1.82) is 0 Å². The van der Waals surface area contributed by atoms with Crippen molar-refractivity contribution in [2.75, 3.05) is 26.4 Å². The Morgan fingerprint density at radius 1 is 0.826 bits per heavy atom. The Morgan fingerprint density at radius 2 is 1.17 bits per heavy atom. The highest BCUT2D eigenvalue weighted by atomic mass is 16.7. The van der Waals surface area contributed by atoms with Crippen molar-refractivity contribution < 1.29 is 33.3 Å². The summed E-state index contributed by atoms with van der Waals surface area (Å²) in [4.78, 5) is 23.3. The van der Waals surface area contributed by atoms with Gasteiger partial charge in [0.05, 0.1) is 24.4 Å². The second kappa shape index (κ2) is 11.8. The summed E-state index contributed by atoms with van der Waals surface area (Å²) in [6.07, 6.45) is -1.32. The van der Waals surface area contributed by atoms with Gasteiger partial charge in [-0.3, -0.25) is 0 Å². The van der Waals surface area contributed by atoms with Crippen LogP contribution in [0.1, 0.15) is 27.7 Å². The Balaban J connectivity index is 4.04. The van der Waals surface area contributed by atoms with Crippen LogP contribution in [0, 0.1) is 0 Å². The van der Waals surface area contributed by atoms with E-state index in [4.69, 9.17) is 23.7 Å². The van der Waals surface area contributed by atoms with Crippen molar-refractivity contribution in [3.8, 4) is 0 Å². The Bertz CT molecular complexity index is 379. The lowest BCUT2D eigenvalue weighted by Crippen LogP contribution is -2.22. The smallest absolute Gasteiger partial charge is 0.338 e. The van der Waals surface area contributed by atoms with Crippen LogP contribution in [0.5, 0.6) is 0 Å². The van der Waals surface area contributed by atoms with Crippen LogP contribution in [0.4, 0.5) is 0 Å². The summed E-state index contributed by atoms with van der Waals surface area (Å²) in [6, 6.07) is 0. The molecule has 2 unspecified atom stereocenters. The molecule has 0 aromatic rings. The quantitative estimate of drug-likeness (QED) is 0.307. The monoisotopic (exact) mass is 330 g/mol. The first-order chi connectivity index (χ1) is 10.8. The van der Waals surface area contributed by atoms with Gasteiger partial charge in [0, 0.05) is 13.2 Å². The minimum Gasteiger partial charge on any atom is -0.433 e. The Hall–Kier alpha value is -1.70. The summed E-state index contributed by atoms with van der Waals surface area (Å²) < 4.78 is 25.3. The van der Waals surface area contributed by atoms with Crippen LogP contribution in [-0.4, -0.2) is 50.9 Å². The highest BCUT2D eigenvalue weighted by molar-refractivity contribution is 5.88. The van der Waals surface area contributed by atoms with Crippen molar-refractivity contribution in [2.45, 2.75) is 40.3 Å². The molecule has 0 spiro atoms. The minimum atomic E-state index is -0.658. The van der Waals surface area contributed by atoms with Crippen molar-refractivity contribution in [1.82, 2.24) is 0 Å². The first-order valence-corrected chi connectivity index (χ1v) is 7.40. The molecule has 0 aromatic heterocycles. The second-order valence-corrected chi connectivity index (χ2v) is 4.56. The van der Waals surface area contributed by atoms with Crippen LogP contribution < -0.4 is 0 Å². The van der Waals surface area contributed by atoms with Crippen LogP contribution in [0.2, 0.25) is 0 Å². The summed E-state index contributed by atoms with van der Waals surface area (Å²) in [6.45, 7) is 14.6. The molecule has 0 saturated heterocycles. The zero-order valence-electron chi connectivity index (χ0n) is 14.3. The minimum absolute atomic E-state index is 0.0923. The van der Waals surface area contributed by atoms with Gasteiger partial charge in [0.25, 0.3) is 0 Å².